The molecular formula is C22H23ClN4O2. The van der Waals surface area contributed by atoms with Crippen LogP contribution in [0.2, 0.25) is 5.02 Å². The quantitative estimate of drug-likeness (QED) is 0.778. The molecule has 2 aliphatic rings. The van der Waals surface area contributed by atoms with Crippen molar-refractivity contribution >= 4 is 40.5 Å². The molecule has 0 aromatic heterocycles. The van der Waals surface area contributed by atoms with Crippen molar-refractivity contribution in [3.8, 4) is 0 Å². The van der Waals surface area contributed by atoms with Crippen LogP contribution in [0.1, 0.15) is 18.4 Å². The monoisotopic (exact) mass is 410 g/mol. The van der Waals surface area contributed by atoms with Crippen LogP contribution in [0, 0.1) is 6.92 Å². The number of anilines is 2. The molecule has 2 aliphatic heterocycles. The summed E-state index contributed by atoms with van der Waals surface area (Å²) in [6, 6.07) is 15.3. The maximum atomic E-state index is 13.0. The highest BCUT2D eigenvalue weighted by Crippen LogP contribution is 2.23. The third-order valence-corrected chi connectivity index (χ3v) is 5.53. The van der Waals surface area contributed by atoms with Crippen molar-refractivity contribution in [3.63, 3.8) is 0 Å². The molecule has 2 aromatic rings. The highest BCUT2D eigenvalue weighted by Gasteiger charge is 2.30. The normalized spacial score (nSPS) is 17.4. The van der Waals surface area contributed by atoms with E-state index in [1.165, 1.54) is 5.01 Å². The van der Waals surface area contributed by atoms with Crippen LogP contribution in [-0.2, 0) is 9.59 Å². The minimum absolute atomic E-state index is 0.0830. The number of hydrogen-bond donors (Lipinski definition) is 0. The largest absolute Gasteiger partial charge is 0.368 e. The molecule has 1 fully saturated rings. The average Bonchev–Trinajstić information content (AvgIpc) is 2.74. The number of hydrogen-bond acceptors (Lipinski definition) is 4. The summed E-state index contributed by atoms with van der Waals surface area (Å²) in [5.41, 5.74) is 3.31. The van der Waals surface area contributed by atoms with Gasteiger partial charge < -0.3 is 9.80 Å². The third-order valence-electron chi connectivity index (χ3n) is 5.30. The van der Waals surface area contributed by atoms with Gasteiger partial charge in [-0.25, -0.2) is 5.01 Å². The lowest BCUT2D eigenvalue weighted by atomic mass is 10.1. The Bertz CT molecular complexity index is 950. The highest BCUT2D eigenvalue weighted by molar-refractivity contribution is 6.40. The van der Waals surface area contributed by atoms with Gasteiger partial charge in [0.05, 0.1) is 5.69 Å². The molecule has 2 aromatic carbocycles. The van der Waals surface area contributed by atoms with Crippen molar-refractivity contribution in [3.05, 3.63) is 59.1 Å². The first-order valence-corrected chi connectivity index (χ1v) is 10.2. The summed E-state index contributed by atoms with van der Waals surface area (Å²) in [6.45, 7) is 4.69. The lowest BCUT2D eigenvalue weighted by Gasteiger charge is -2.36. The molecule has 0 N–H and O–H groups in total. The highest BCUT2D eigenvalue weighted by atomic mass is 35.5. The summed E-state index contributed by atoms with van der Waals surface area (Å²) in [6.07, 6.45) is 0.676. The topological polar surface area (TPSA) is 56.2 Å². The molecule has 0 aliphatic carbocycles. The maximum Gasteiger partial charge on any atom is 0.270 e. The fraction of sp³-hybridized carbons (Fsp3) is 0.318. The number of rotatable bonds is 3. The Balaban J connectivity index is 1.44. The molecule has 7 heteroatoms. The van der Waals surface area contributed by atoms with E-state index in [0.717, 1.165) is 24.3 Å². The first-order valence-electron chi connectivity index (χ1n) is 9.78. The smallest absolute Gasteiger partial charge is 0.270 e. The van der Waals surface area contributed by atoms with Crippen LogP contribution in [0.25, 0.3) is 0 Å². The SMILES string of the molecule is Cc1ccc(N2N=C(C(=O)N3CCN(c4cccc(Cl)c4)CC3)CCC2=O)cc1. The van der Waals surface area contributed by atoms with E-state index in [4.69, 9.17) is 11.6 Å². The summed E-state index contributed by atoms with van der Waals surface area (Å²) in [7, 11) is 0. The van der Waals surface area contributed by atoms with E-state index < -0.39 is 0 Å². The van der Waals surface area contributed by atoms with Crippen molar-refractivity contribution in [1.82, 2.24) is 4.90 Å². The molecule has 0 saturated carbocycles. The first-order chi connectivity index (χ1) is 14.0. The van der Waals surface area contributed by atoms with Crippen molar-refractivity contribution < 1.29 is 9.59 Å². The van der Waals surface area contributed by atoms with Gasteiger partial charge >= 0.3 is 0 Å². The van der Waals surface area contributed by atoms with Crippen molar-refractivity contribution in [2.75, 3.05) is 36.1 Å². The van der Waals surface area contributed by atoms with Gasteiger partial charge in [0.1, 0.15) is 5.71 Å². The second-order valence-electron chi connectivity index (χ2n) is 7.35. The Morgan fingerprint density at radius 3 is 2.38 bits per heavy atom. The van der Waals surface area contributed by atoms with Crippen LogP contribution < -0.4 is 9.91 Å². The lowest BCUT2D eigenvalue weighted by Crippen LogP contribution is -2.51. The molecule has 0 unspecified atom stereocenters. The molecule has 150 valence electrons. The molecule has 2 amide bonds. The number of aryl methyl sites for hydroxylation is 1. The summed E-state index contributed by atoms with van der Waals surface area (Å²) in [5, 5.41) is 6.47. The zero-order valence-electron chi connectivity index (χ0n) is 16.3. The van der Waals surface area contributed by atoms with Crippen LogP contribution in [0.5, 0.6) is 0 Å². The predicted molar refractivity (Wildman–Crippen MR) is 116 cm³/mol. The third kappa shape index (κ3) is 4.27. The van der Waals surface area contributed by atoms with Crippen LogP contribution >= 0.6 is 11.6 Å². The minimum Gasteiger partial charge on any atom is -0.368 e. The molecule has 0 bridgehead atoms. The zero-order valence-corrected chi connectivity index (χ0v) is 17.1. The van der Waals surface area contributed by atoms with E-state index in [-0.39, 0.29) is 11.8 Å². The van der Waals surface area contributed by atoms with Crippen LogP contribution in [0.4, 0.5) is 11.4 Å². The standard InChI is InChI=1S/C22H23ClN4O2/c1-16-5-7-18(8-6-16)27-21(28)10-9-20(24-27)22(29)26-13-11-25(12-14-26)19-4-2-3-17(23)15-19/h2-8,15H,9-14H2,1H3. The first kappa shape index (κ1) is 19.5. The predicted octanol–water partition coefficient (Wildman–Crippen LogP) is 3.48. The van der Waals surface area contributed by atoms with Gasteiger partial charge in [-0.3, -0.25) is 9.59 Å². The molecular weight excluding hydrogens is 388 g/mol. The van der Waals surface area contributed by atoms with Crippen molar-refractivity contribution in [2.24, 2.45) is 5.10 Å². The molecule has 6 nitrogen and oxygen atoms in total. The lowest BCUT2D eigenvalue weighted by molar-refractivity contribution is -0.124. The Hall–Kier alpha value is -2.86. The van der Waals surface area contributed by atoms with E-state index in [1.54, 1.807) is 0 Å². The zero-order chi connectivity index (χ0) is 20.4. The Labute approximate surface area is 175 Å². The molecule has 4 rings (SSSR count). The molecule has 0 atom stereocenters. The number of carbonyl (C=O) groups excluding carboxylic acids is 2. The number of hydrazone groups is 1. The number of benzene rings is 2. The molecule has 2 heterocycles. The fourth-order valence-corrected chi connectivity index (χ4v) is 3.80. The summed E-state index contributed by atoms with van der Waals surface area (Å²) >= 11 is 6.09. The number of piperazine rings is 1. The van der Waals surface area contributed by atoms with Gasteiger partial charge in [-0.2, -0.15) is 5.10 Å². The number of carbonyl (C=O) groups is 2. The minimum atomic E-state index is -0.0869. The van der Waals surface area contributed by atoms with Crippen LogP contribution in [0.15, 0.2) is 53.6 Å². The Kier molecular flexibility index (Phi) is 5.53. The summed E-state index contributed by atoms with van der Waals surface area (Å²) in [5.74, 6) is -0.170. The van der Waals surface area contributed by atoms with Gasteiger partial charge in [-0.15, -0.1) is 0 Å². The summed E-state index contributed by atoms with van der Waals surface area (Å²) in [4.78, 5) is 29.4. The fourth-order valence-electron chi connectivity index (χ4n) is 3.62. The number of halogens is 1. The van der Waals surface area contributed by atoms with Gasteiger partial charge in [0.2, 0.25) is 5.91 Å². The van der Waals surface area contributed by atoms with Gasteiger partial charge in [0.15, 0.2) is 0 Å². The second-order valence-corrected chi connectivity index (χ2v) is 7.78. The van der Waals surface area contributed by atoms with E-state index >= 15 is 0 Å². The maximum absolute atomic E-state index is 13.0. The van der Waals surface area contributed by atoms with Crippen molar-refractivity contribution in [2.45, 2.75) is 19.8 Å². The van der Waals surface area contributed by atoms with E-state index in [0.29, 0.717) is 42.4 Å². The van der Waals surface area contributed by atoms with E-state index in [2.05, 4.69) is 10.0 Å². The Morgan fingerprint density at radius 1 is 0.966 bits per heavy atom. The van der Waals surface area contributed by atoms with Crippen molar-refractivity contribution in [1.29, 1.82) is 0 Å². The molecule has 0 radical (unpaired) electrons. The van der Waals surface area contributed by atoms with Gasteiger partial charge in [0.25, 0.3) is 5.91 Å². The second kappa shape index (κ2) is 8.25. The number of amides is 2. The number of nitrogens with zero attached hydrogens (tertiary/aromatic N) is 4. The van der Waals surface area contributed by atoms with E-state index in [1.807, 2.05) is 60.4 Å². The summed E-state index contributed by atoms with van der Waals surface area (Å²) < 4.78 is 0. The van der Waals surface area contributed by atoms with Gasteiger partial charge in [-0.05, 0) is 37.3 Å². The molecule has 0 spiro atoms. The van der Waals surface area contributed by atoms with Gasteiger partial charge in [-0.1, -0.05) is 35.4 Å². The molecule has 1 saturated heterocycles. The van der Waals surface area contributed by atoms with Crippen LogP contribution in [0.3, 0.4) is 0 Å². The van der Waals surface area contributed by atoms with E-state index in [9.17, 15) is 9.59 Å². The Morgan fingerprint density at radius 2 is 1.69 bits per heavy atom. The van der Waals surface area contributed by atoms with Crippen LogP contribution in [-0.4, -0.2) is 48.6 Å². The molecule has 29 heavy (non-hydrogen) atoms. The van der Waals surface area contributed by atoms with Gasteiger partial charge in [0, 0.05) is 49.7 Å². The average molecular weight is 411 g/mol.